The van der Waals surface area contributed by atoms with Crippen molar-refractivity contribution in [3.63, 3.8) is 0 Å². The lowest BCUT2D eigenvalue weighted by Gasteiger charge is -2.36. The highest BCUT2D eigenvalue weighted by molar-refractivity contribution is 6.27. The summed E-state index contributed by atoms with van der Waals surface area (Å²) in [4.78, 5) is 32.7. The van der Waals surface area contributed by atoms with E-state index in [1.165, 1.54) is 5.56 Å². The lowest BCUT2D eigenvalue weighted by Crippen LogP contribution is -2.50. The lowest BCUT2D eigenvalue weighted by molar-refractivity contribution is -0.159. The predicted octanol–water partition coefficient (Wildman–Crippen LogP) is 2.53. The highest BCUT2D eigenvalue weighted by atomic mass is 16.4. The predicted molar refractivity (Wildman–Crippen MR) is 111 cm³/mol. The molecule has 0 saturated heterocycles. The Morgan fingerprint density at radius 2 is 1.38 bits per heavy atom. The van der Waals surface area contributed by atoms with Crippen LogP contribution in [0, 0.1) is 0 Å². The van der Waals surface area contributed by atoms with Crippen molar-refractivity contribution < 1.29 is 24.6 Å². The summed E-state index contributed by atoms with van der Waals surface area (Å²) >= 11 is 0. The van der Waals surface area contributed by atoms with E-state index in [4.69, 9.17) is 19.8 Å². The van der Waals surface area contributed by atoms with Crippen molar-refractivity contribution in [3.05, 3.63) is 71.8 Å². The van der Waals surface area contributed by atoms with Gasteiger partial charge in [0, 0.05) is 24.2 Å². The third kappa shape index (κ3) is 9.03. The number of nitrogens with zero attached hydrogens (tertiary/aromatic N) is 1. The normalized spacial score (nSPS) is 10.6. The van der Waals surface area contributed by atoms with Gasteiger partial charge in [0.2, 0.25) is 0 Å². The molecule has 0 heterocycles. The number of carboxylic acids is 2. The number of carbonyl (C=O) groups excluding carboxylic acids is 1. The van der Waals surface area contributed by atoms with E-state index in [0.29, 0.717) is 12.1 Å². The molecule has 2 rings (SSSR count). The van der Waals surface area contributed by atoms with E-state index >= 15 is 0 Å². The van der Waals surface area contributed by atoms with Crippen LogP contribution in [0.2, 0.25) is 0 Å². The average Bonchev–Trinajstić information content (AvgIpc) is 2.72. The minimum Gasteiger partial charge on any atom is -0.473 e. The molecule has 1 amide bonds. The lowest BCUT2D eigenvalue weighted by atomic mass is 10.0. The molecule has 0 fully saturated rings. The Hall–Kier alpha value is -3.19. The number of rotatable bonds is 7. The van der Waals surface area contributed by atoms with Crippen LogP contribution in [0.3, 0.4) is 0 Å². The van der Waals surface area contributed by atoms with Crippen molar-refractivity contribution >= 4 is 17.8 Å². The minimum atomic E-state index is -1.82. The van der Waals surface area contributed by atoms with Crippen LogP contribution in [0.4, 0.5) is 0 Å². The van der Waals surface area contributed by atoms with E-state index in [1.54, 1.807) is 0 Å². The Balaban J connectivity index is 0.000000612. The summed E-state index contributed by atoms with van der Waals surface area (Å²) in [5.41, 5.74) is 1.94. The van der Waals surface area contributed by atoms with Gasteiger partial charge in [0.25, 0.3) is 5.91 Å². The molecule has 7 heteroatoms. The third-order valence-electron chi connectivity index (χ3n) is 4.51. The average molecular weight is 400 g/mol. The van der Waals surface area contributed by atoms with Crippen LogP contribution >= 0.6 is 0 Å². The number of hydrogen-bond donors (Lipinski definition) is 3. The van der Waals surface area contributed by atoms with E-state index in [2.05, 4.69) is 55.4 Å². The van der Waals surface area contributed by atoms with Crippen molar-refractivity contribution in [2.24, 2.45) is 0 Å². The van der Waals surface area contributed by atoms with Crippen LogP contribution in [0.25, 0.3) is 0 Å². The summed E-state index contributed by atoms with van der Waals surface area (Å²) < 4.78 is 0. The molecular formula is C22H28N2O5. The fourth-order valence-electron chi connectivity index (χ4n) is 2.37. The molecule has 3 N–H and O–H groups in total. The second-order valence-electron chi connectivity index (χ2n) is 7.13. The number of benzene rings is 2. The van der Waals surface area contributed by atoms with Gasteiger partial charge in [-0.15, -0.1) is 0 Å². The Kier molecular flexibility index (Phi) is 9.55. The topological polar surface area (TPSA) is 107 Å². The fourth-order valence-corrected chi connectivity index (χ4v) is 2.37. The molecular weight excluding hydrogens is 372 g/mol. The van der Waals surface area contributed by atoms with E-state index in [0.717, 1.165) is 13.0 Å². The molecule has 0 aliphatic carbocycles. The van der Waals surface area contributed by atoms with Gasteiger partial charge >= 0.3 is 11.9 Å². The maximum Gasteiger partial charge on any atom is 0.414 e. The number of likely N-dealkylation sites (N-methyl/N-ethyl adjacent to an activating group) is 1. The van der Waals surface area contributed by atoms with Gasteiger partial charge in [0.1, 0.15) is 0 Å². The molecule has 0 unspecified atom stereocenters. The summed E-state index contributed by atoms with van der Waals surface area (Å²) in [5, 5.41) is 17.8. The van der Waals surface area contributed by atoms with Gasteiger partial charge in [-0.1, -0.05) is 48.5 Å². The smallest absolute Gasteiger partial charge is 0.414 e. The first-order valence-electron chi connectivity index (χ1n) is 9.18. The fraction of sp³-hybridized carbons (Fsp3) is 0.318. The van der Waals surface area contributed by atoms with Gasteiger partial charge in [-0.25, -0.2) is 9.59 Å². The van der Waals surface area contributed by atoms with Crippen LogP contribution in [-0.4, -0.2) is 58.6 Å². The number of hydrogen-bond acceptors (Lipinski definition) is 4. The number of nitrogens with one attached hydrogen (secondary N) is 1. The molecule has 0 aliphatic heterocycles. The van der Waals surface area contributed by atoms with Crippen molar-refractivity contribution in [2.45, 2.75) is 25.8 Å². The zero-order valence-electron chi connectivity index (χ0n) is 17.0. The van der Waals surface area contributed by atoms with Gasteiger partial charge in [0.15, 0.2) is 0 Å². The first-order chi connectivity index (χ1) is 13.6. The van der Waals surface area contributed by atoms with Gasteiger partial charge in [0.05, 0.1) is 0 Å². The van der Waals surface area contributed by atoms with Crippen LogP contribution in [0.1, 0.15) is 29.8 Å². The molecule has 2 aromatic carbocycles. The summed E-state index contributed by atoms with van der Waals surface area (Å²) in [7, 11) is 2.11. The first kappa shape index (κ1) is 23.8. The number of carbonyl (C=O) groups is 3. The molecule has 0 atom stereocenters. The second kappa shape index (κ2) is 11.6. The van der Waals surface area contributed by atoms with Crippen LogP contribution in [0.5, 0.6) is 0 Å². The SMILES string of the molecule is CN(CCc1ccccc1)C(C)(C)CNC(=O)c1ccccc1.O=C(O)C(=O)O. The third-order valence-corrected chi connectivity index (χ3v) is 4.51. The maximum atomic E-state index is 12.2. The molecule has 156 valence electrons. The molecule has 0 radical (unpaired) electrons. The molecule has 0 saturated carbocycles. The van der Waals surface area contributed by atoms with Gasteiger partial charge < -0.3 is 15.5 Å². The summed E-state index contributed by atoms with van der Waals surface area (Å²) in [5.74, 6) is -3.67. The van der Waals surface area contributed by atoms with Crippen molar-refractivity contribution in [1.82, 2.24) is 10.2 Å². The number of aliphatic carboxylic acids is 2. The Morgan fingerprint density at radius 1 is 0.897 bits per heavy atom. The van der Waals surface area contributed by atoms with Crippen molar-refractivity contribution in [3.8, 4) is 0 Å². The Morgan fingerprint density at radius 3 is 1.86 bits per heavy atom. The Bertz CT molecular complexity index is 779. The van der Waals surface area contributed by atoms with Crippen molar-refractivity contribution in [1.29, 1.82) is 0 Å². The van der Waals surface area contributed by atoms with E-state index in [1.807, 2.05) is 36.4 Å². The monoisotopic (exact) mass is 400 g/mol. The zero-order chi connectivity index (χ0) is 21.9. The van der Waals surface area contributed by atoms with Gasteiger partial charge in [-0.05, 0) is 45.0 Å². The highest BCUT2D eigenvalue weighted by Crippen LogP contribution is 2.13. The number of carboxylic acid groups (broad SMARTS) is 2. The largest absolute Gasteiger partial charge is 0.473 e. The second-order valence-corrected chi connectivity index (χ2v) is 7.13. The Labute approximate surface area is 171 Å². The van der Waals surface area contributed by atoms with Gasteiger partial charge in [-0.3, -0.25) is 9.69 Å². The zero-order valence-corrected chi connectivity index (χ0v) is 17.0. The molecule has 7 nitrogen and oxygen atoms in total. The quantitative estimate of drug-likeness (QED) is 0.617. The molecule has 2 aromatic rings. The van der Waals surface area contributed by atoms with Gasteiger partial charge in [-0.2, -0.15) is 0 Å². The standard InChI is InChI=1S/C20H26N2O.C2H2O4/c1-20(2,16-21-19(23)18-12-8-5-9-13-18)22(3)15-14-17-10-6-4-7-11-17;3-1(4)2(5)6/h4-13H,14-16H2,1-3H3,(H,21,23);(H,3,4)(H,5,6). The number of amides is 1. The van der Waals surface area contributed by atoms with Crippen LogP contribution in [-0.2, 0) is 16.0 Å². The van der Waals surface area contributed by atoms with Crippen molar-refractivity contribution in [2.75, 3.05) is 20.1 Å². The maximum absolute atomic E-state index is 12.2. The summed E-state index contributed by atoms with van der Waals surface area (Å²) in [6.45, 7) is 5.89. The molecule has 0 aromatic heterocycles. The van der Waals surface area contributed by atoms with E-state index in [9.17, 15) is 4.79 Å². The van der Waals surface area contributed by atoms with E-state index < -0.39 is 11.9 Å². The summed E-state index contributed by atoms with van der Waals surface area (Å²) in [6, 6.07) is 19.8. The van der Waals surface area contributed by atoms with Crippen LogP contribution < -0.4 is 5.32 Å². The van der Waals surface area contributed by atoms with E-state index in [-0.39, 0.29) is 11.4 Å². The minimum absolute atomic E-state index is 0.0184. The van der Waals surface area contributed by atoms with Crippen LogP contribution in [0.15, 0.2) is 60.7 Å². The molecule has 0 spiro atoms. The molecule has 0 aliphatic rings. The highest BCUT2D eigenvalue weighted by Gasteiger charge is 2.24. The first-order valence-corrected chi connectivity index (χ1v) is 9.18. The molecule has 0 bridgehead atoms. The molecule has 29 heavy (non-hydrogen) atoms. The summed E-state index contributed by atoms with van der Waals surface area (Å²) in [6.07, 6.45) is 1.01.